The molecule has 1 atom stereocenters. The molecule has 0 bridgehead atoms. The lowest BCUT2D eigenvalue weighted by Gasteiger charge is -2.46. The van der Waals surface area contributed by atoms with Gasteiger partial charge in [0.25, 0.3) is 0 Å². The van der Waals surface area contributed by atoms with Crippen molar-refractivity contribution >= 4 is 11.7 Å². The molecule has 0 radical (unpaired) electrons. The van der Waals surface area contributed by atoms with Crippen LogP contribution in [0.3, 0.4) is 0 Å². The maximum absolute atomic E-state index is 12.2. The fraction of sp³-hybridized carbons (Fsp3) is 0.773. The van der Waals surface area contributed by atoms with Gasteiger partial charge in [0.1, 0.15) is 12.1 Å². The van der Waals surface area contributed by atoms with Gasteiger partial charge in [0.05, 0.1) is 12.7 Å². The highest BCUT2D eigenvalue weighted by Crippen LogP contribution is 2.41. The number of amides is 1. The predicted molar refractivity (Wildman–Crippen MR) is 111 cm³/mol. The van der Waals surface area contributed by atoms with Crippen molar-refractivity contribution in [2.24, 2.45) is 11.3 Å². The lowest BCUT2D eigenvalue weighted by Crippen LogP contribution is -2.48. The second-order valence-corrected chi connectivity index (χ2v) is 9.05. The number of carbonyl (C=O) groups is 1. The van der Waals surface area contributed by atoms with Gasteiger partial charge in [0, 0.05) is 51.0 Å². The molecule has 1 amide bonds. The maximum Gasteiger partial charge on any atom is 0.220 e. The molecule has 1 aromatic rings. The van der Waals surface area contributed by atoms with E-state index in [1.165, 1.54) is 6.42 Å². The quantitative estimate of drug-likeness (QED) is 0.815. The van der Waals surface area contributed by atoms with Crippen LogP contribution in [0.1, 0.15) is 50.5 Å². The summed E-state index contributed by atoms with van der Waals surface area (Å²) in [6.45, 7) is 7.15. The second-order valence-electron chi connectivity index (χ2n) is 9.05. The van der Waals surface area contributed by atoms with Crippen molar-refractivity contribution in [2.75, 3.05) is 44.4 Å². The molecule has 1 N–H and O–H groups in total. The number of hydrogen-bond donors (Lipinski definition) is 1. The van der Waals surface area contributed by atoms with Gasteiger partial charge in [-0.05, 0) is 56.8 Å². The summed E-state index contributed by atoms with van der Waals surface area (Å²) in [5.74, 6) is 1.70. The number of carbonyl (C=O) groups excluding carboxylic acids is 1. The van der Waals surface area contributed by atoms with E-state index in [4.69, 9.17) is 9.47 Å². The van der Waals surface area contributed by atoms with Crippen molar-refractivity contribution < 1.29 is 14.3 Å². The van der Waals surface area contributed by atoms with Crippen LogP contribution in [0.15, 0.2) is 12.5 Å². The summed E-state index contributed by atoms with van der Waals surface area (Å²) in [4.78, 5) is 23.2. The SMILES string of the molecule is Cc1cncnc1N1CCC2(CC[C@@H](CNC(=O)CC3CCOCC3)OC2)CC1. The number of aromatic nitrogens is 2. The zero-order chi connectivity index (χ0) is 20.1. The van der Waals surface area contributed by atoms with Crippen molar-refractivity contribution in [1.29, 1.82) is 0 Å². The average molecular weight is 403 g/mol. The standard InChI is InChI=1S/C22H34N4O3/c1-17-13-23-16-25-21(17)26-8-6-22(7-9-26)5-2-19(29-15-22)14-24-20(27)12-18-3-10-28-11-4-18/h13,16,18-19H,2-12,14-15H2,1H3,(H,24,27)/t19-/m0/s1. The first-order valence-corrected chi connectivity index (χ1v) is 11.1. The Labute approximate surface area is 173 Å². The molecule has 4 rings (SSSR count). The van der Waals surface area contributed by atoms with Gasteiger partial charge < -0.3 is 19.7 Å². The molecule has 1 spiro atoms. The third-order valence-corrected chi connectivity index (χ3v) is 6.95. The molecule has 7 nitrogen and oxygen atoms in total. The van der Waals surface area contributed by atoms with Crippen LogP contribution in [-0.2, 0) is 14.3 Å². The predicted octanol–water partition coefficient (Wildman–Crippen LogP) is 2.48. The van der Waals surface area contributed by atoms with E-state index < -0.39 is 0 Å². The van der Waals surface area contributed by atoms with E-state index in [0.29, 0.717) is 24.3 Å². The molecule has 160 valence electrons. The molecular formula is C22H34N4O3. The number of hydrogen-bond acceptors (Lipinski definition) is 6. The van der Waals surface area contributed by atoms with Crippen LogP contribution in [0, 0.1) is 18.3 Å². The van der Waals surface area contributed by atoms with Gasteiger partial charge in [-0.3, -0.25) is 4.79 Å². The van der Waals surface area contributed by atoms with Crippen LogP contribution in [0.5, 0.6) is 0 Å². The molecule has 0 aromatic carbocycles. The van der Waals surface area contributed by atoms with Crippen molar-refractivity contribution in [3.63, 3.8) is 0 Å². The van der Waals surface area contributed by atoms with Crippen LogP contribution >= 0.6 is 0 Å². The topological polar surface area (TPSA) is 76.6 Å². The van der Waals surface area contributed by atoms with Gasteiger partial charge in [-0.2, -0.15) is 0 Å². The highest BCUT2D eigenvalue weighted by atomic mass is 16.5. The molecule has 1 aromatic heterocycles. The Morgan fingerprint density at radius 2 is 2.03 bits per heavy atom. The Bertz CT molecular complexity index is 674. The molecular weight excluding hydrogens is 368 g/mol. The fourth-order valence-electron chi connectivity index (χ4n) is 4.90. The molecule has 3 saturated heterocycles. The van der Waals surface area contributed by atoms with Crippen molar-refractivity contribution in [3.8, 4) is 0 Å². The second kappa shape index (κ2) is 9.39. The minimum absolute atomic E-state index is 0.154. The third kappa shape index (κ3) is 5.25. The monoisotopic (exact) mass is 402 g/mol. The van der Waals surface area contributed by atoms with Gasteiger partial charge >= 0.3 is 0 Å². The van der Waals surface area contributed by atoms with Crippen LogP contribution in [0.4, 0.5) is 5.82 Å². The summed E-state index contributed by atoms with van der Waals surface area (Å²) in [5, 5.41) is 3.10. The summed E-state index contributed by atoms with van der Waals surface area (Å²) < 4.78 is 11.6. The van der Waals surface area contributed by atoms with Crippen molar-refractivity contribution in [1.82, 2.24) is 15.3 Å². The number of rotatable bonds is 5. The number of anilines is 1. The highest BCUT2D eigenvalue weighted by Gasteiger charge is 2.39. The van der Waals surface area contributed by atoms with Crippen molar-refractivity contribution in [3.05, 3.63) is 18.1 Å². The first-order valence-electron chi connectivity index (χ1n) is 11.1. The Hall–Kier alpha value is -1.73. The summed E-state index contributed by atoms with van der Waals surface area (Å²) in [6.07, 6.45) is 10.8. The number of nitrogens with one attached hydrogen (secondary N) is 1. The first-order chi connectivity index (χ1) is 14.1. The largest absolute Gasteiger partial charge is 0.381 e. The zero-order valence-corrected chi connectivity index (χ0v) is 17.6. The third-order valence-electron chi connectivity index (χ3n) is 6.95. The van der Waals surface area contributed by atoms with Crippen LogP contribution in [0.2, 0.25) is 0 Å². The van der Waals surface area contributed by atoms with Gasteiger partial charge in [0.2, 0.25) is 5.91 Å². The van der Waals surface area contributed by atoms with E-state index in [0.717, 1.165) is 76.4 Å². The number of piperidine rings is 1. The van der Waals surface area contributed by atoms with Gasteiger partial charge in [0.15, 0.2) is 0 Å². The number of nitrogens with zero attached hydrogens (tertiary/aromatic N) is 3. The zero-order valence-electron chi connectivity index (χ0n) is 17.6. The molecule has 7 heteroatoms. The Morgan fingerprint density at radius 3 is 2.72 bits per heavy atom. The fourth-order valence-corrected chi connectivity index (χ4v) is 4.90. The molecule has 0 unspecified atom stereocenters. The van der Waals surface area contributed by atoms with Crippen LogP contribution < -0.4 is 10.2 Å². The number of aryl methyl sites for hydroxylation is 1. The molecule has 0 aliphatic carbocycles. The molecule has 3 aliphatic rings. The lowest BCUT2D eigenvalue weighted by atomic mass is 9.73. The van der Waals surface area contributed by atoms with E-state index in [9.17, 15) is 4.79 Å². The summed E-state index contributed by atoms with van der Waals surface area (Å²) >= 11 is 0. The Balaban J connectivity index is 1.18. The highest BCUT2D eigenvalue weighted by molar-refractivity contribution is 5.76. The molecule has 3 aliphatic heterocycles. The minimum atomic E-state index is 0.154. The smallest absolute Gasteiger partial charge is 0.220 e. The van der Waals surface area contributed by atoms with Crippen LogP contribution in [0.25, 0.3) is 0 Å². The van der Waals surface area contributed by atoms with E-state index >= 15 is 0 Å². The van der Waals surface area contributed by atoms with Gasteiger partial charge in [-0.1, -0.05) is 0 Å². The molecule has 29 heavy (non-hydrogen) atoms. The minimum Gasteiger partial charge on any atom is -0.381 e. The number of ether oxygens (including phenoxy) is 2. The average Bonchev–Trinajstić information content (AvgIpc) is 2.75. The summed E-state index contributed by atoms with van der Waals surface area (Å²) in [7, 11) is 0. The summed E-state index contributed by atoms with van der Waals surface area (Å²) in [5.41, 5.74) is 1.43. The van der Waals surface area contributed by atoms with E-state index in [-0.39, 0.29) is 12.0 Å². The molecule has 3 fully saturated rings. The van der Waals surface area contributed by atoms with E-state index in [1.807, 2.05) is 6.20 Å². The normalized spacial score (nSPS) is 25.1. The molecule has 4 heterocycles. The Kier molecular flexibility index (Phi) is 6.65. The lowest BCUT2D eigenvalue weighted by molar-refractivity contribution is -0.124. The van der Waals surface area contributed by atoms with Crippen LogP contribution in [-0.4, -0.2) is 61.4 Å². The van der Waals surface area contributed by atoms with Crippen molar-refractivity contribution in [2.45, 2.75) is 58.0 Å². The van der Waals surface area contributed by atoms with Gasteiger partial charge in [-0.15, -0.1) is 0 Å². The Morgan fingerprint density at radius 1 is 1.24 bits per heavy atom. The maximum atomic E-state index is 12.2. The van der Waals surface area contributed by atoms with Gasteiger partial charge in [-0.25, -0.2) is 9.97 Å². The van der Waals surface area contributed by atoms with E-state index in [1.54, 1.807) is 6.33 Å². The first kappa shape index (κ1) is 20.5. The summed E-state index contributed by atoms with van der Waals surface area (Å²) in [6, 6.07) is 0. The molecule has 0 saturated carbocycles. The van der Waals surface area contributed by atoms with E-state index in [2.05, 4.69) is 27.1 Å².